The molecule has 1 heterocycles. The van der Waals surface area contributed by atoms with Gasteiger partial charge in [0.2, 0.25) is 0 Å². The quantitative estimate of drug-likeness (QED) is 0.659. The number of benzene rings is 1. The number of rotatable bonds is 2. The van der Waals surface area contributed by atoms with Gasteiger partial charge in [-0.3, -0.25) is 4.79 Å². The zero-order valence-corrected chi connectivity index (χ0v) is 7.11. The van der Waals surface area contributed by atoms with E-state index in [1.54, 1.807) is 24.5 Å². The SMILES string of the molecule is COc1ccc2occc2c1C=O. The average Bonchev–Trinajstić information content (AvgIpc) is 2.63. The molecule has 2 aromatic rings. The van der Waals surface area contributed by atoms with Gasteiger partial charge in [-0.15, -0.1) is 0 Å². The molecule has 0 amide bonds. The predicted octanol–water partition coefficient (Wildman–Crippen LogP) is 2.25. The van der Waals surface area contributed by atoms with Crippen molar-refractivity contribution < 1.29 is 13.9 Å². The van der Waals surface area contributed by atoms with Crippen molar-refractivity contribution in [2.24, 2.45) is 0 Å². The van der Waals surface area contributed by atoms with Crippen LogP contribution in [-0.2, 0) is 0 Å². The lowest BCUT2D eigenvalue weighted by Crippen LogP contribution is -1.89. The van der Waals surface area contributed by atoms with Crippen molar-refractivity contribution >= 4 is 17.3 Å². The second kappa shape index (κ2) is 2.94. The molecule has 0 spiro atoms. The molecular formula is C10H8O3. The minimum Gasteiger partial charge on any atom is -0.496 e. The van der Waals surface area contributed by atoms with Crippen molar-refractivity contribution in [3.63, 3.8) is 0 Å². The molecule has 3 heteroatoms. The third-order valence-electron chi connectivity index (χ3n) is 1.97. The zero-order chi connectivity index (χ0) is 9.26. The molecule has 0 N–H and O–H groups in total. The van der Waals surface area contributed by atoms with E-state index in [0.29, 0.717) is 16.9 Å². The van der Waals surface area contributed by atoms with E-state index >= 15 is 0 Å². The number of hydrogen-bond acceptors (Lipinski definition) is 3. The number of aldehydes is 1. The van der Waals surface area contributed by atoms with E-state index in [4.69, 9.17) is 9.15 Å². The highest BCUT2D eigenvalue weighted by atomic mass is 16.5. The van der Waals surface area contributed by atoms with Gasteiger partial charge in [-0.2, -0.15) is 0 Å². The van der Waals surface area contributed by atoms with Crippen LogP contribution in [-0.4, -0.2) is 13.4 Å². The molecule has 0 aliphatic carbocycles. The molecule has 66 valence electrons. The number of furan rings is 1. The minimum absolute atomic E-state index is 0.536. The fraction of sp³-hybridized carbons (Fsp3) is 0.100. The molecule has 0 atom stereocenters. The van der Waals surface area contributed by atoms with Gasteiger partial charge >= 0.3 is 0 Å². The number of hydrogen-bond donors (Lipinski definition) is 0. The van der Waals surface area contributed by atoms with Gasteiger partial charge in [0.25, 0.3) is 0 Å². The molecule has 0 fully saturated rings. The number of ether oxygens (including phenoxy) is 1. The Morgan fingerprint density at radius 1 is 1.38 bits per heavy atom. The van der Waals surface area contributed by atoms with E-state index in [1.807, 2.05) is 0 Å². The maximum atomic E-state index is 10.8. The maximum Gasteiger partial charge on any atom is 0.154 e. The Balaban J connectivity index is 2.81. The zero-order valence-electron chi connectivity index (χ0n) is 7.11. The molecule has 0 bridgehead atoms. The summed E-state index contributed by atoms with van der Waals surface area (Å²) in [5, 5.41) is 0.786. The van der Waals surface area contributed by atoms with E-state index in [1.165, 1.54) is 7.11 Å². The van der Waals surface area contributed by atoms with Crippen molar-refractivity contribution in [2.45, 2.75) is 0 Å². The maximum absolute atomic E-state index is 10.8. The van der Waals surface area contributed by atoms with Gasteiger partial charge in [0.15, 0.2) is 6.29 Å². The second-order valence-corrected chi connectivity index (χ2v) is 2.63. The first kappa shape index (κ1) is 7.86. The normalized spacial score (nSPS) is 10.2. The lowest BCUT2D eigenvalue weighted by Gasteiger charge is -2.02. The third-order valence-corrected chi connectivity index (χ3v) is 1.97. The number of methoxy groups -OCH3 is 1. The van der Waals surface area contributed by atoms with E-state index < -0.39 is 0 Å². The summed E-state index contributed by atoms with van der Waals surface area (Å²) in [6.45, 7) is 0. The first-order valence-corrected chi connectivity index (χ1v) is 3.86. The molecule has 1 aromatic carbocycles. The molecule has 0 aliphatic heterocycles. The van der Waals surface area contributed by atoms with E-state index in [-0.39, 0.29) is 0 Å². The van der Waals surface area contributed by atoms with Crippen LogP contribution in [0.2, 0.25) is 0 Å². The van der Waals surface area contributed by atoms with Crippen LogP contribution < -0.4 is 4.74 Å². The van der Waals surface area contributed by atoms with Gasteiger partial charge in [-0.1, -0.05) is 0 Å². The Labute approximate surface area is 74.9 Å². The molecule has 0 unspecified atom stereocenters. The largest absolute Gasteiger partial charge is 0.496 e. The van der Waals surface area contributed by atoms with Crippen LogP contribution in [0.15, 0.2) is 28.9 Å². The van der Waals surface area contributed by atoms with Gasteiger partial charge in [-0.25, -0.2) is 0 Å². The highest BCUT2D eigenvalue weighted by molar-refractivity contribution is 5.98. The van der Waals surface area contributed by atoms with Crippen molar-refractivity contribution in [1.82, 2.24) is 0 Å². The monoisotopic (exact) mass is 176 g/mol. The van der Waals surface area contributed by atoms with E-state index in [0.717, 1.165) is 11.7 Å². The smallest absolute Gasteiger partial charge is 0.154 e. The Morgan fingerprint density at radius 2 is 2.23 bits per heavy atom. The summed E-state index contributed by atoms with van der Waals surface area (Å²) in [6, 6.07) is 5.25. The lowest BCUT2D eigenvalue weighted by molar-refractivity contribution is 0.112. The van der Waals surface area contributed by atoms with E-state index in [2.05, 4.69) is 0 Å². The van der Waals surface area contributed by atoms with Gasteiger partial charge in [0.1, 0.15) is 11.3 Å². The van der Waals surface area contributed by atoms with Crippen molar-refractivity contribution in [1.29, 1.82) is 0 Å². The summed E-state index contributed by atoms with van der Waals surface area (Å²) in [5.41, 5.74) is 1.23. The predicted molar refractivity (Wildman–Crippen MR) is 48.2 cm³/mol. The Hall–Kier alpha value is -1.77. The Bertz CT molecular complexity index is 442. The van der Waals surface area contributed by atoms with Crippen LogP contribution in [0.5, 0.6) is 5.75 Å². The number of carbonyl (C=O) groups is 1. The van der Waals surface area contributed by atoms with Crippen LogP contribution >= 0.6 is 0 Å². The van der Waals surface area contributed by atoms with Crippen LogP contribution in [0.25, 0.3) is 11.0 Å². The topological polar surface area (TPSA) is 39.4 Å². The molecular weight excluding hydrogens is 168 g/mol. The molecule has 0 saturated heterocycles. The summed E-state index contributed by atoms with van der Waals surface area (Å²) in [4.78, 5) is 10.8. The van der Waals surface area contributed by atoms with Gasteiger partial charge in [-0.05, 0) is 18.2 Å². The summed E-state index contributed by atoms with van der Waals surface area (Å²) in [7, 11) is 1.54. The van der Waals surface area contributed by atoms with Crippen LogP contribution in [0.1, 0.15) is 10.4 Å². The fourth-order valence-electron chi connectivity index (χ4n) is 1.35. The first-order chi connectivity index (χ1) is 6.36. The van der Waals surface area contributed by atoms with Gasteiger partial charge in [0, 0.05) is 5.39 Å². The van der Waals surface area contributed by atoms with Crippen molar-refractivity contribution in [2.75, 3.05) is 7.11 Å². The molecule has 3 nitrogen and oxygen atoms in total. The summed E-state index contributed by atoms with van der Waals surface area (Å²) in [6.07, 6.45) is 2.33. The van der Waals surface area contributed by atoms with Crippen LogP contribution in [0, 0.1) is 0 Å². The van der Waals surface area contributed by atoms with Crippen LogP contribution in [0.4, 0.5) is 0 Å². The number of carbonyl (C=O) groups excluding carboxylic acids is 1. The molecule has 2 rings (SSSR count). The van der Waals surface area contributed by atoms with Crippen LogP contribution in [0.3, 0.4) is 0 Å². The minimum atomic E-state index is 0.536. The fourth-order valence-corrected chi connectivity index (χ4v) is 1.35. The molecule has 1 aromatic heterocycles. The summed E-state index contributed by atoms with van der Waals surface area (Å²) < 4.78 is 10.2. The lowest BCUT2D eigenvalue weighted by atomic mass is 10.1. The highest BCUT2D eigenvalue weighted by Crippen LogP contribution is 2.26. The Kier molecular flexibility index (Phi) is 1.77. The summed E-state index contributed by atoms with van der Waals surface area (Å²) in [5.74, 6) is 0.573. The van der Waals surface area contributed by atoms with E-state index in [9.17, 15) is 4.79 Å². The van der Waals surface area contributed by atoms with Gasteiger partial charge < -0.3 is 9.15 Å². The molecule has 0 aliphatic rings. The summed E-state index contributed by atoms with van der Waals surface area (Å²) >= 11 is 0. The molecule has 0 radical (unpaired) electrons. The highest BCUT2D eigenvalue weighted by Gasteiger charge is 2.08. The van der Waals surface area contributed by atoms with Crippen molar-refractivity contribution in [3.8, 4) is 5.75 Å². The van der Waals surface area contributed by atoms with Gasteiger partial charge in [0.05, 0.1) is 18.9 Å². The average molecular weight is 176 g/mol. The molecule has 13 heavy (non-hydrogen) atoms. The number of fused-ring (bicyclic) bond motifs is 1. The Morgan fingerprint density at radius 3 is 2.92 bits per heavy atom. The molecule has 0 saturated carbocycles. The first-order valence-electron chi connectivity index (χ1n) is 3.86. The second-order valence-electron chi connectivity index (χ2n) is 2.63. The third kappa shape index (κ3) is 1.09. The van der Waals surface area contributed by atoms with Crippen molar-refractivity contribution in [3.05, 3.63) is 30.0 Å². The standard InChI is InChI=1S/C10H8O3/c1-12-9-2-3-10-7(4-5-13-10)8(9)6-11/h2-6H,1H3.